The van der Waals surface area contributed by atoms with Gasteiger partial charge in [-0.2, -0.15) is 0 Å². The van der Waals surface area contributed by atoms with Crippen molar-refractivity contribution in [3.63, 3.8) is 0 Å². The number of hydrogen-bond donors (Lipinski definition) is 2. The molecule has 0 aromatic heterocycles. The van der Waals surface area contributed by atoms with E-state index in [1.807, 2.05) is 0 Å². The molecule has 0 spiro atoms. The van der Waals surface area contributed by atoms with E-state index in [-0.39, 0.29) is 11.1 Å². The van der Waals surface area contributed by atoms with Gasteiger partial charge in [-0.05, 0) is 26.7 Å². The molecule has 14 heavy (non-hydrogen) atoms. The van der Waals surface area contributed by atoms with Crippen LogP contribution < -0.4 is 0 Å². The summed E-state index contributed by atoms with van der Waals surface area (Å²) in [6, 6.07) is 0. The summed E-state index contributed by atoms with van der Waals surface area (Å²) in [5, 5.41) is 17.0. The molecule has 4 nitrogen and oxygen atoms in total. The van der Waals surface area contributed by atoms with Crippen LogP contribution in [-0.2, 0) is 9.59 Å². The Bertz CT molecular complexity index is 256. The van der Waals surface area contributed by atoms with Gasteiger partial charge < -0.3 is 10.2 Å². The highest BCUT2D eigenvalue weighted by molar-refractivity contribution is 5.86. The van der Waals surface area contributed by atoms with E-state index < -0.39 is 11.9 Å². The monoisotopic (exact) mass is 198 g/mol. The van der Waals surface area contributed by atoms with E-state index in [4.69, 9.17) is 10.2 Å². The third-order valence-electron chi connectivity index (χ3n) is 1.74. The molecule has 0 aliphatic heterocycles. The first-order valence-electron chi connectivity index (χ1n) is 4.25. The van der Waals surface area contributed by atoms with Crippen LogP contribution in [0.2, 0.25) is 0 Å². The summed E-state index contributed by atoms with van der Waals surface area (Å²) in [7, 11) is 0. The van der Waals surface area contributed by atoms with E-state index in [1.54, 1.807) is 12.2 Å². The van der Waals surface area contributed by atoms with Gasteiger partial charge in [0.15, 0.2) is 0 Å². The quantitative estimate of drug-likeness (QED) is 0.522. The molecule has 0 saturated heterocycles. The van der Waals surface area contributed by atoms with Crippen LogP contribution in [0, 0.1) is 0 Å². The van der Waals surface area contributed by atoms with Crippen LogP contribution in [0.15, 0.2) is 23.3 Å². The van der Waals surface area contributed by atoms with Crippen LogP contribution in [-0.4, -0.2) is 22.2 Å². The van der Waals surface area contributed by atoms with Crippen molar-refractivity contribution in [1.29, 1.82) is 0 Å². The maximum absolute atomic E-state index is 10.4. The highest BCUT2D eigenvalue weighted by atomic mass is 16.4. The predicted octanol–water partition coefficient (Wildman–Crippen LogP) is 1.83. The fourth-order valence-electron chi connectivity index (χ4n) is 0.774. The zero-order chi connectivity index (χ0) is 11.1. The van der Waals surface area contributed by atoms with Crippen LogP contribution in [0.5, 0.6) is 0 Å². The number of unbranched alkanes of at least 4 members (excludes halogenated alkanes) is 1. The second kappa shape index (κ2) is 5.96. The lowest BCUT2D eigenvalue weighted by Crippen LogP contribution is -1.96. The molecule has 0 aromatic carbocycles. The summed E-state index contributed by atoms with van der Waals surface area (Å²) in [4.78, 5) is 20.7. The van der Waals surface area contributed by atoms with Gasteiger partial charge in [0.05, 0.1) is 0 Å². The molecule has 0 saturated carbocycles. The minimum atomic E-state index is -0.941. The molecular weight excluding hydrogens is 184 g/mol. The third kappa shape index (κ3) is 5.13. The Kier molecular flexibility index (Phi) is 5.29. The number of rotatable bonds is 5. The van der Waals surface area contributed by atoms with Gasteiger partial charge in [0, 0.05) is 11.1 Å². The minimum absolute atomic E-state index is 0.284. The first kappa shape index (κ1) is 12.4. The maximum Gasteiger partial charge on any atom is 0.330 e. The zero-order valence-corrected chi connectivity index (χ0v) is 8.28. The lowest BCUT2D eigenvalue weighted by Gasteiger charge is -1.93. The summed E-state index contributed by atoms with van der Waals surface area (Å²) in [6.45, 7) is 3.02. The van der Waals surface area contributed by atoms with Crippen LogP contribution in [0.1, 0.15) is 26.7 Å². The van der Waals surface area contributed by atoms with Crippen molar-refractivity contribution in [2.24, 2.45) is 0 Å². The molecule has 0 aliphatic carbocycles. The van der Waals surface area contributed by atoms with E-state index in [2.05, 4.69) is 0 Å². The molecule has 0 radical (unpaired) electrons. The number of carbonyl (C=O) groups is 2. The van der Waals surface area contributed by atoms with Crippen molar-refractivity contribution in [3.8, 4) is 0 Å². The molecule has 0 aliphatic rings. The van der Waals surface area contributed by atoms with Crippen LogP contribution in [0.4, 0.5) is 0 Å². The zero-order valence-electron chi connectivity index (χ0n) is 8.28. The van der Waals surface area contributed by atoms with Crippen molar-refractivity contribution >= 4 is 11.9 Å². The normalized spacial score (nSPS) is 12.7. The summed E-state index contributed by atoms with van der Waals surface area (Å²) < 4.78 is 0. The molecule has 0 rings (SSSR count). The van der Waals surface area contributed by atoms with Crippen LogP contribution in [0.25, 0.3) is 0 Å². The number of carboxylic acids is 2. The molecule has 0 atom stereocenters. The third-order valence-corrected chi connectivity index (χ3v) is 1.74. The lowest BCUT2D eigenvalue weighted by molar-refractivity contribution is -0.133. The Morgan fingerprint density at radius 1 is 0.929 bits per heavy atom. The standard InChI is InChI=1S/C10H14O4/c1-7(9(11)12)5-3-4-6-8(2)10(13)14/h5-6H,3-4H2,1-2H3,(H,11,12)(H,13,14). The average Bonchev–Trinajstić information content (AvgIpc) is 2.11. The molecule has 0 aromatic rings. The Balaban J connectivity index is 3.98. The molecule has 0 amide bonds. The number of hydrogen-bond acceptors (Lipinski definition) is 2. The number of aliphatic carboxylic acids is 2. The Hall–Kier alpha value is -1.58. The first-order valence-corrected chi connectivity index (χ1v) is 4.25. The highest BCUT2D eigenvalue weighted by Gasteiger charge is 1.99. The van der Waals surface area contributed by atoms with Crippen molar-refractivity contribution in [1.82, 2.24) is 0 Å². The Labute approximate surface area is 82.6 Å². The molecule has 2 N–H and O–H groups in total. The second-order valence-corrected chi connectivity index (χ2v) is 2.96. The van der Waals surface area contributed by atoms with Gasteiger partial charge in [0.2, 0.25) is 0 Å². The number of allylic oxidation sites excluding steroid dienone is 2. The van der Waals surface area contributed by atoms with Gasteiger partial charge in [0.25, 0.3) is 0 Å². The van der Waals surface area contributed by atoms with Gasteiger partial charge in [-0.25, -0.2) is 9.59 Å². The summed E-state index contributed by atoms with van der Waals surface area (Å²) in [5.74, 6) is -1.88. The molecular formula is C10H14O4. The largest absolute Gasteiger partial charge is 0.478 e. The number of carboxylic acid groups (broad SMARTS) is 2. The smallest absolute Gasteiger partial charge is 0.330 e. The molecule has 0 bridgehead atoms. The van der Waals surface area contributed by atoms with E-state index >= 15 is 0 Å². The summed E-state index contributed by atoms with van der Waals surface area (Å²) in [6.07, 6.45) is 4.24. The van der Waals surface area contributed by atoms with Crippen molar-refractivity contribution in [3.05, 3.63) is 23.3 Å². The molecule has 0 unspecified atom stereocenters. The highest BCUT2D eigenvalue weighted by Crippen LogP contribution is 2.02. The first-order chi connectivity index (χ1) is 6.45. The van der Waals surface area contributed by atoms with Gasteiger partial charge >= 0.3 is 11.9 Å². The van der Waals surface area contributed by atoms with Crippen molar-refractivity contribution in [2.45, 2.75) is 26.7 Å². The molecule has 0 heterocycles. The Morgan fingerprint density at radius 2 is 1.21 bits per heavy atom. The molecule has 4 heteroatoms. The summed E-state index contributed by atoms with van der Waals surface area (Å²) >= 11 is 0. The topological polar surface area (TPSA) is 74.6 Å². The predicted molar refractivity (Wildman–Crippen MR) is 52.0 cm³/mol. The van der Waals surface area contributed by atoms with E-state index in [9.17, 15) is 9.59 Å². The van der Waals surface area contributed by atoms with E-state index in [0.29, 0.717) is 12.8 Å². The average molecular weight is 198 g/mol. The van der Waals surface area contributed by atoms with Crippen molar-refractivity contribution in [2.75, 3.05) is 0 Å². The molecule has 0 fully saturated rings. The van der Waals surface area contributed by atoms with Gasteiger partial charge in [0.1, 0.15) is 0 Å². The van der Waals surface area contributed by atoms with Gasteiger partial charge in [-0.1, -0.05) is 12.2 Å². The fourth-order valence-corrected chi connectivity index (χ4v) is 0.774. The van der Waals surface area contributed by atoms with E-state index in [0.717, 1.165) is 0 Å². The van der Waals surface area contributed by atoms with Crippen LogP contribution in [0.3, 0.4) is 0 Å². The SMILES string of the molecule is CC(=CCCC=C(C)C(=O)O)C(=O)O. The maximum atomic E-state index is 10.4. The second-order valence-electron chi connectivity index (χ2n) is 2.96. The summed E-state index contributed by atoms with van der Waals surface area (Å²) in [5.41, 5.74) is 0.567. The van der Waals surface area contributed by atoms with Gasteiger partial charge in [-0.3, -0.25) is 0 Å². The van der Waals surface area contributed by atoms with Crippen LogP contribution >= 0.6 is 0 Å². The van der Waals surface area contributed by atoms with E-state index in [1.165, 1.54) is 13.8 Å². The minimum Gasteiger partial charge on any atom is -0.478 e. The molecule has 78 valence electrons. The van der Waals surface area contributed by atoms with Crippen molar-refractivity contribution < 1.29 is 19.8 Å². The van der Waals surface area contributed by atoms with Gasteiger partial charge in [-0.15, -0.1) is 0 Å². The fraction of sp³-hybridized carbons (Fsp3) is 0.400. The Morgan fingerprint density at radius 3 is 1.43 bits per heavy atom. The lowest BCUT2D eigenvalue weighted by atomic mass is 10.1.